The summed E-state index contributed by atoms with van der Waals surface area (Å²) in [5.41, 5.74) is 8.18. The Morgan fingerprint density at radius 2 is 2.20 bits per heavy atom. The van der Waals surface area contributed by atoms with Crippen LogP contribution in [0.3, 0.4) is 0 Å². The van der Waals surface area contributed by atoms with E-state index in [1.165, 1.54) is 11.3 Å². The number of aryl methyl sites for hydroxylation is 1. The van der Waals surface area contributed by atoms with Gasteiger partial charge in [-0.15, -0.1) is 0 Å². The number of benzene rings is 1. The Bertz CT molecular complexity index is 373. The smallest absolute Gasteiger partial charge is 0.113 e. The standard InChI is InChI=1S/C12H17N3/c1-9(12(13)14)15-8-4-6-10-5-2-3-7-11(10)15/h2-3,5,7,9H,4,6,8H2,1H3,(H3,13,14). The van der Waals surface area contributed by atoms with Gasteiger partial charge in [0.05, 0.1) is 6.04 Å². The topological polar surface area (TPSA) is 53.1 Å². The SMILES string of the molecule is CC(C(=N)N)N1CCCc2ccccc21. The molecule has 15 heavy (non-hydrogen) atoms. The Hall–Kier alpha value is -1.51. The molecule has 3 nitrogen and oxygen atoms in total. The molecule has 3 heteroatoms. The largest absolute Gasteiger partial charge is 0.386 e. The van der Waals surface area contributed by atoms with Crippen LogP contribution >= 0.6 is 0 Å². The second-order valence-corrected chi connectivity index (χ2v) is 4.06. The molecule has 1 aliphatic rings. The van der Waals surface area contributed by atoms with Gasteiger partial charge in [0.2, 0.25) is 0 Å². The van der Waals surface area contributed by atoms with Gasteiger partial charge in [0.1, 0.15) is 5.84 Å². The van der Waals surface area contributed by atoms with Crippen LogP contribution in [0.15, 0.2) is 24.3 Å². The number of nitrogens with zero attached hydrogens (tertiary/aromatic N) is 1. The van der Waals surface area contributed by atoms with E-state index in [1.807, 2.05) is 13.0 Å². The average molecular weight is 203 g/mol. The Morgan fingerprint density at radius 3 is 2.93 bits per heavy atom. The van der Waals surface area contributed by atoms with Gasteiger partial charge in [-0.25, -0.2) is 0 Å². The van der Waals surface area contributed by atoms with E-state index in [9.17, 15) is 0 Å². The van der Waals surface area contributed by atoms with E-state index in [2.05, 4.69) is 23.1 Å². The van der Waals surface area contributed by atoms with E-state index in [1.54, 1.807) is 0 Å². The fourth-order valence-electron chi connectivity index (χ4n) is 2.13. The molecule has 1 unspecified atom stereocenters. The first kappa shape index (κ1) is 10.0. The molecule has 0 bridgehead atoms. The molecule has 1 aromatic rings. The molecule has 1 atom stereocenters. The number of hydrogen-bond donors (Lipinski definition) is 2. The molecule has 0 saturated carbocycles. The van der Waals surface area contributed by atoms with E-state index in [-0.39, 0.29) is 11.9 Å². The minimum atomic E-state index is 0.00597. The lowest BCUT2D eigenvalue weighted by Gasteiger charge is -2.35. The van der Waals surface area contributed by atoms with Crippen LogP contribution in [0, 0.1) is 5.41 Å². The maximum absolute atomic E-state index is 7.51. The number of anilines is 1. The van der Waals surface area contributed by atoms with Crippen molar-refractivity contribution < 1.29 is 0 Å². The Kier molecular flexibility index (Phi) is 2.62. The van der Waals surface area contributed by atoms with Crippen molar-refractivity contribution >= 4 is 11.5 Å². The van der Waals surface area contributed by atoms with Crippen molar-refractivity contribution in [1.29, 1.82) is 5.41 Å². The second-order valence-electron chi connectivity index (χ2n) is 4.06. The summed E-state index contributed by atoms with van der Waals surface area (Å²) in [5, 5.41) is 7.51. The molecule has 0 radical (unpaired) electrons. The first-order valence-corrected chi connectivity index (χ1v) is 5.38. The molecular formula is C12H17N3. The summed E-state index contributed by atoms with van der Waals surface area (Å²) in [6.07, 6.45) is 2.28. The lowest BCUT2D eigenvalue weighted by molar-refractivity contribution is 0.668. The summed E-state index contributed by atoms with van der Waals surface area (Å²) < 4.78 is 0. The normalized spacial score (nSPS) is 17.0. The van der Waals surface area contributed by atoms with Crippen molar-refractivity contribution in [1.82, 2.24) is 0 Å². The summed E-state index contributed by atoms with van der Waals surface area (Å²) in [6.45, 7) is 2.99. The number of para-hydroxylation sites is 1. The first-order valence-electron chi connectivity index (χ1n) is 5.38. The third-order valence-corrected chi connectivity index (χ3v) is 3.06. The number of nitrogens with one attached hydrogen (secondary N) is 1. The van der Waals surface area contributed by atoms with Gasteiger partial charge in [-0.3, -0.25) is 5.41 Å². The predicted octanol–water partition coefficient (Wildman–Crippen LogP) is 1.76. The zero-order chi connectivity index (χ0) is 10.8. The summed E-state index contributed by atoms with van der Waals surface area (Å²) in [4.78, 5) is 2.22. The summed E-state index contributed by atoms with van der Waals surface area (Å²) in [7, 11) is 0. The Morgan fingerprint density at radius 1 is 1.47 bits per heavy atom. The summed E-state index contributed by atoms with van der Waals surface area (Å²) in [5.74, 6) is 0.242. The highest BCUT2D eigenvalue weighted by molar-refractivity contribution is 5.86. The van der Waals surface area contributed by atoms with Gasteiger partial charge in [0, 0.05) is 12.2 Å². The molecule has 0 fully saturated rings. The highest BCUT2D eigenvalue weighted by atomic mass is 15.2. The zero-order valence-corrected chi connectivity index (χ0v) is 9.03. The molecule has 0 amide bonds. The lowest BCUT2D eigenvalue weighted by Crippen LogP contribution is -2.44. The highest BCUT2D eigenvalue weighted by Crippen LogP contribution is 2.28. The molecule has 0 spiro atoms. The van der Waals surface area contributed by atoms with Gasteiger partial charge in [0.25, 0.3) is 0 Å². The first-order chi connectivity index (χ1) is 7.20. The van der Waals surface area contributed by atoms with E-state index < -0.39 is 0 Å². The molecule has 1 heterocycles. The van der Waals surface area contributed by atoms with Crippen molar-refractivity contribution in [3.05, 3.63) is 29.8 Å². The Labute approximate surface area is 90.4 Å². The number of amidine groups is 1. The van der Waals surface area contributed by atoms with Gasteiger partial charge >= 0.3 is 0 Å². The monoisotopic (exact) mass is 203 g/mol. The van der Waals surface area contributed by atoms with Crippen LogP contribution in [0.1, 0.15) is 18.9 Å². The number of hydrogen-bond acceptors (Lipinski definition) is 2. The fourth-order valence-corrected chi connectivity index (χ4v) is 2.13. The van der Waals surface area contributed by atoms with Gasteiger partial charge in [0.15, 0.2) is 0 Å². The summed E-state index contributed by atoms with van der Waals surface area (Å²) >= 11 is 0. The third-order valence-electron chi connectivity index (χ3n) is 3.06. The van der Waals surface area contributed by atoms with Crippen LogP contribution in [0.5, 0.6) is 0 Å². The van der Waals surface area contributed by atoms with Crippen LogP contribution in [-0.2, 0) is 6.42 Å². The van der Waals surface area contributed by atoms with Crippen LogP contribution < -0.4 is 10.6 Å². The van der Waals surface area contributed by atoms with E-state index in [0.717, 1.165) is 19.4 Å². The number of fused-ring (bicyclic) bond motifs is 1. The van der Waals surface area contributed by atoms with E-state index >= 15 is 0 Å². The number of nitrogens with two attached hydrogens (primary N) is 1. The minimum Gasteiger partial charge on any atom is -0.386 e. The lowest BCUT2D eigenvalue weighted by atomic mass is 10.00. The average Bonchev–Trinajstić information content (AvgIpc) is 2.27. The van der Waals surface area contributed by atoms with Crippen molar-refractivity contribution in [2.45, 2.75) is 25.8 Å². The quantitative estimate of drug-likeness (QED) is 0.568. The highest BCUT2D eigenvalue weighted by Gasteiger charge is 2.22. The molecule has 80 valence electrons. The summed E-state index contributed by atoms with van der Waals surface area (Å²) in [6, 6.07) is 8.40. The number of rotatable bonds is 2. The van der Waals surface area contributed by atoms with Crippen LogP contribution in [0.4, 0.5) is 5.69 Å². The molecular weight excluding hydrogens is 186 g/mol. The van der Waals surface area contributed by atoms with Crippen molar-refractivity contribution in [3.8, 4) is 0 Å². The van der Waals surface area contributed by atoms with Crippen molar-refractivity contribution in [2.24, 2.45) is 5.73 Å². The van der Waals surface area contributed by atoms with Crippen LogP contribution in [0.2, 0.25) is 0 Å². The van der Waals surface area contributed by atoms with Gasteiger partial charge in [-0.1, -0.05) is 18.2 Å². The van der Waals surface area contributed by atoms with Crippen molar-refractivity contribution in [3.63, 3.8) is 0 Å². The fraction of sp³-hybridized carbons (Fsp3) is 0.417. The van der Waals surface area contributed by atoms with Crippen molar-refractivity contribution in [2.75, 3.05) is 11.4 Å². The molecule has 1 aromatic carbocycles. The van der Waals surface area contributed by atoms with E-state index in [0.29, 0.717) is 0 Å². The second kappa shape index (κ2) is 3.93. The van der Waals surface area contributed by atoms with Gasteiger partial charge < -0.3 is 10.6 Å². The molecule has 0 aliphatic carbocycles. The van der Waals surface area contributed by atoms with Gasteiger partial charge in [-0.05, 0) is 31.4 Å². The van der Waals surface area contributed by atoms with Crippen LogP contribution in [0.25, 0.3) is 0 Å². The third kappa shape index (κ3) is 1.82. The molecule has 0 aromatic heterocycles. The maximum atomic E-state index is 7.51. The minimum absolute atomic E-state index is 0.00597. The molecule has 0 saturated heterocycles. The van der Waals surface area contributed by atoms with Gasteiger partial charge in [-0.2, -0.15) is 0 Å². The molecule has 2 rings (SSSR count). The predicted molar refractivity (Wildman–Crippen MR) is 63.5 cm³/mol. The molecule has 3 N–H and O–H groups in total. The maximum Gasteiger partial charge on any atom is 0.113 e. The molecule has 1 aliphatic heterocycles. The van der Waals surface area contributed by atoms with E-state index in [4.69, 9.17) is 11.1 Å². The zero-order valence-electron chi connectivity index (χ0n) is 9.03. The Balaban J connectivity index is 2.33. The van der Waals surface area contributed by atoms with Crippen LogP contribution in [-0.4, -0.2) is 18.4 Å².